The van der Waals surface area contributed by atoms with E-state index in [0.29, 0.717) is 0 Å². The molecule has 4 N–H and O–H groups in total. The van der Waals surface area contributed by atoms with E-state index in [1.165, 1.54) is 48.6 Å². The average Bonchev–Trinajstić information content (AvgIpc) is 4.14. The number of benzene rings is 4. The van der Waals surface area contributed by atoms with Crippen LogP contribution in [0.4, 0.5) is 0 Å². The van der Waals surface area contributed by atoms with Gasteiger partial charge in [0.15, 0.2) is 0 Å². The first-order chi connectivity index (χ1) is 34.6. The Morgan fingerprint density at radius 3 is 0.689 bits per heavy atom. The molecule has 0 saturated carbocycles. The summed E-state index contributed by atoms with van der Waals surface area (Å²) in [7, 11) is -20.1. The van der Waals surface area contributed by atoms with Gasteiger partial charge in [-0.25, -0.2) is 9.97 Å². The number of nitrogens with zero attached hydrogens (tertiary/aromatic N) is 4. The number of hydrogen-bond acceptors (Lipinski definition) is 11. The van der Waals surface area contributed by atoms with Crippen molar-refractivity contribution in [3.05, 3.63) is 136 Å². The molecule has 3 aromatic heterocycles. The molecule has 5 heterocycles. The van der Waals surface area contributed by atoms with Crippen LogP contribution in [0.3, 0.4) is 0 Å². The van der Waals surface area contributed by atoms with Crippen LogP contribution in [0.5, 0.6) is 0 Å². The summed E-state index contributed by atoms with van der Waals surface area (Å²) in [5.41, 5.74) is -2.16. The van der Waals surface area contributed by atoms with Gasteiger partial charge in [-0.2, -0.15) is 33.7 Å². The molecule has 0 saturated heterocycles. The predicted octanol–water partition coefficient (Wildman–Crippen LogP) is 12.7. The molecular weight excluding hydrogens is 1260 g/mol. The topological polar surface area (TPSA) is 289 Å². The first-order valence-corrected chi connectivity index (χ1v) is 28.8. The zero-order valence-corrected chi connectivity index (χ0v) is 45.9. The Morgan fingerprint density at radius 2 is 0.514 bits per heavy atom. The van der Waals surface area contributed by atoms with E-state index in [0.717, 1.165) is 48.5 Å². The monoisotopic (exact) mass is 1280 g/mol. The fourth-order valence-electron chi connectivity index (χ4n) is 7.96. The van der Waals surface area contributed by atoms with Crippen LogP contribution in [0.15, 0.2) is 92.4 Å². The number of halogens is 8. The van der Waals surface area contributed by atoms with Crippen molar-refractivity contribution in [2.45, 2.75) is 19.6 Å². The summed E-state index contributed by atoms with van der Waals surface area (Å²) in [6.07, 6.45) is 5.55. The third-order valence-electron chi connectivity index (χ3n) is 10.9. The molecule has 0 fully saturated rings. The second-order valence-corrected chi connectivity index (χ2v) is 23.9. The molecule has 0 radical (unpaired) electrons. The van der Waals surface area contributed by atoms with E-state index < -0.39 is 80.1 Å². The first kappa shape index (κ1) is 56.0. The fraction of sp³-hybridized carbons (Fsp3) is 0. The molecule has 17 nitrogen and oxygen atoms in total. The normalized spacial score (nSPS) is 12.8. The standard InChI is InChI=1S/C44H20Cl8N4O12S4.Fe.O/c45-17-1-13-29(69(57,58)59)41(49)33(17)37-21-5-7-23(53-21)38(34-18(46)2-14-30(42(34)50)70(60,61)62)25-9-11-27(55-25)40(36-20(48)4-16-32(44(36)52)72(66,67)68)28-12-10-26(56-28)39(24-8-6-22(37)54-24)35-19(47)3-15-31(43(35)51)71(63,64)65;;/h1-16H,(H,57,58,59)(H,60,61,62)(H,63,64,65)(H,66,67,68);;/q-2;;. The second-order valence-electron chi connectivity index (χ2n) is 15.2. The zero-order chi connectivity index (χ0) is 54.3. The van der Waals surface area contributed by atoms with Crippen LogP contribution in [0.1, 0.15) is 22.8 Å². The maximum absolute atomic E-state index is 12.7. The molecule has 0 atom stereocenters. The van der Waals surface area contributed by atoms with Gasteiger partial charge in [0.25, 0.3) is 40.5 Å². The van der Waals surface area contributed by atoms with Gasteiger partial charge in [0, 0.05) is 22.3 Å². The molecule has 2 aliphatic rings. The summed E-state index contributed by atoms with van der Waals surface area (Å²) in [5.74, 6) is 0. The van der Waals surface area contributed by atoms with Crippen molar-refractivity contribution in [2.24, 2.45) is 0 Å². The van der Waals surface area contributed by atoms with Gasteiger partial charge >= 0.3 is 19.8 Å². The minimum atomic E-state index is -5.04. The van der Waals surface area contributed by atoms with Crippen LogP contribution < -0.4 is 9.97 Å². The van der Waals surface area contributed by atoms with Gasteiger partial charge in [0.2, 0.25) is 0 Å². The van der Waals surface area contributed by atoms with Crippen molar-refractivity contribution >= 4 is 180 Å². The van der Waals surface area contributed by atoms with Crippen molar-refractivity contribution < 1.29 is 71.7 Å². The molecule has 9 rings (SSSR count). The van der Waals surface area contributed by atoms with Crippen LogP contribution in [0.2, 0.25) is 40.2 Å². The van der Waals surface area contributed by atoms with Crippen molar-refractivity contribution in [1.29, 1.82) is 0 Å². The average molecular weight is 1280 g/mol. The van der Waals surface area contributed by atoms with Crippen LogP contribution >= 0.6 is 92.8 Å². The van der Waals surface area contributed by atoms with E-state index >= 15 is 0 Å². The molecule has 0 spiro atoms. The molecule has 7 aromatic rings. The number of fused-ring (bicyclic) bond motifs is 8. The van der Waals surface area contributed by atoms with Gasteiger partial charge in [0.1, 0.15) is 19.6 Å². The van der Waals surface area contributed by atoms with Gasteiger partial charge < -0.3 is 9.97 Å². The molecule has 0 unspecified atom stereocenters. The predicted molar refractivity (Wildman–Crippen MR) is 279 cm³/mol. The summed E-state index contributed by atoms with van der Waals surface area (Å²) < 4.78 is 150. The van der Waals surface area contributed by atoms with Gasteiger partial charge in [-0.1, -0.05) is 117 Å². The van der Waals surface area contributed by atoms with E-state index in [-0.39, 0.29) is 109 Å². The van der Waals surface area contributed by atoms with Crippen LogP contribution in [-0.4, -0.2) is 61.9 Å². The summed E-state index contributed by atoms with van der Waals surface area (Å²) in [4.78, 5) is 16.3. The Kier molecular flexibility index (Phi) is 15.6. The molecule has 0 amide bonds. The molecular formula is C44H20Cl8FeN4O13S4-2. The quantitative estimate of drug-likeness (QED) is 0.0812. The second kappa shape index (κ2) is 20.6. The molecule has 30 heteroatoms. The summed E-state index contributed by atoms with van der Waals surface area (Å²) in [6.45, 7) is 0. The Labute approximate surface area is 466 Å². The van der Waals surface area contributed by atoms with E-state index in [1.807, 2.05) is 15.9 Å². The third kappa shape index (κ3) is 10.2. The third-order valence-corrected chi connectivity index (χ3v) is 17.8. The van der Waals surface area contributed by atoms with Crippen LogP contribution in [-0.2, 0) is 60.3 Å². The van der Waals surface area contributed by atoms with Crippen molar-refractivity contribution in [3.63, 3.8) is 0 Å². The van der Waals surface area contributed by atoms with Crippen LogP contribution in [0, 0.1) is 0 Å². The summed E-state index contributed by atoms with van der Waals surface area (Å²) >= 11 is 56.5. The van der Waals surface area contributed by atoms with Crippen LogP contribution in [0.25, 0.3) is 90.9 Å². The van der Waals surface area contributed by atoms with Crippen molar-refractivity contribution in [3.8, 4) is 44.5 Å². The Balaban J connectivity index is 0.00000360. The number of aromatic nitrogens is 4. The van der Waals surface area contributed by atoms with Crippen molar-refractivity contribution in [2.75, 3.05) is 0 Å². The van der Waals surface area contributed by atoms with E-state index in [1.54, 1.807) is 0 Å². The summed E-state index contributed by atoms with van der Waals surface area (Å²) in [6, 6.07) is 13.9. The molecule has 4 aromatic carbocycles. The SMILES string of the molecule is O=S(=O)(O)c1ccc(Cl)c(-c2c3nc(c(-c4c(Cl)ccc(S(=O)(=O)O)c4Cl)c4ccc([n-]4)c(-c4c(Cl)ccc(S(=O)(=O)O)c4Cl)c4nc(c(-c5c(Cl)ccc(S(=O)(=O)O)c5Cl)c5ccc2[n-]5)C=C4)C=C3)c1Cl.[O]=[Fe]. The molecule has 0 aliphatic carbocycles. The molecule has 2 aliphatic heterocycles. The van der Waals surface area contributed by atoms with Gasteiger partial charge in [-0.15, -0.1) is 22.1 Å². The Bertz CT molecular complexity index is 3820. The molecule has 384 valence electrons. The zero-order valence-electron chi connectivity index (χ0n) is 35.5. The number of rotatable bonds is 8. The first-order valence-electron chi connectivity index (χ1n) is 19.6. The summed E-state index contributed by atoms with van der Waals surface area (Å²) in [5, 5.41) is -3.17. The van der Waals surface area contributed by atoms with E-state index in [2.05, 4.69) is 0 Å². The van der Waals surface area contributed by atoms with Gasteiger partial charge in [-0.05, 0) is 95.1 Å². The number of hydrogen-bond donors (Lipinski definition) is 4. The fourth-order valence-corrected chi connectivity index (χ4v) is 13.6. The Hall–Kier alpha value is -4.24. The van der Waals surface area contributed by atoms with E-state index in [4.69, 9.17) is 117 Å². The molecule has 8 bridgehead atoms. The van der Waals surface area contributed by atoms with E-state index in [9.17, 15) is 51.9 Å². The van der Waals surface area contributed by atoms with Gasteiger partial charge in [0.05, 0.1) is 63.0 Å². The Morgan fingerprint density at radius 1 is 0.324 bits per heavy atom. The molecule has 74 heavy (non-hydrogen) atoms. The maximum atomic E-state index is 12.7. The van der Waals surface area contributed by atoms with Crippen molar-refractivity contribution in [1.82, 2.24) is 19.9 Å². The van der Waals surface area contributed by atoms with Gasteiger partial charge in [-0.3, -0.25) is 18.2 Å². The minimum absolute atomic E-state index is 0.0898.